The van der Waals surface area contributed by atoms with E-state index >= 15 is 0 Å². The normalized spacial score (nSPS) is 13.7. The van der Waals surface area contributed by atoms with E-state index in [-0.39, 0.29) is 0 Å². The summed E-state index contributed by atoms with van der Waals surface area (Å²) in [6.45, 7) is 5.09. The van der Waals surface area contributed by atoms with Gasteiger partial charge in [-0.2, -0.15) is 0 Å². The number of carbonyl (C=O) groups is 2. The van der Waals surface area contributed by atoms with Crippen LogP contribution in [0.3, 0.4) is 0 Å². The Morgan fingerprint density at radius 2 is 1.47 bits per heavy atom. The highest BCUT2D eigenvalue weighted by atomic mass is 16.4. The zero-order valence-corrected chi connectivity index (χ0v) is 9.17. The highest BCUT2D eigenvalue weighted by Gasteiger charge is 2.11. The fraction of sp³-hybridized carbons (Fsp3) is 0.778. The van der Waals surface area contributed by atoms with Gasteiger partial charge in [0, 0.05) is 0 Å². The number of nitrogens with two attached hydrogens (primary N) is 1. The van der Waals surface area contributed by atoms with E-state index in [4.69, 9.17) is 21.1 Å². The number of carboxylic acid groups (broad SMARTS) is 2. The van der Waals surface area contributed by atoms with Crippen LogP contribution in [0.2, 0.25) is 0 Å². The van der Waals surface area contributed by atoms with Crippen molar-refractivity contribution in [3.8, 4) is 0 Å². The van der Waals surface area contributed by atoms with E-state index in [1.54, 1.807) is 0 Å². The number of carboxylic acids is 2. The Morgan fingerprint density at radius 3 is 1.53 bits per heavy atom. The molecule has 90 valence electrons. The molecule has 6 heteroatoms. The zero-order valence-electron chi connectivity index (χ0n) is 9.17. The first-order valence-corrected chi connectivity index (χ1v) is 4.57. The molecule has 0 saturated carbocycles. The van der Waals surface area contributed by atoms with Crippen molar-refractivity contribution in [2.75, 3.05) is 0 Å². The van der Waals surface area contributed by atoms with Crippen LogP contribution in [0.15, 0.2) is 0 Å². The van der Waals surface area contributed by atoms with Crippen LogP contribution in [0.4, 0.5) is 0 Å². The van der Waals surface area contributed by atoms with Gasteiger partial charge in [-0.1, -0.05) is 13.8 Å². The molecule has 0 aromatic carbocycles. The van der Waals surface area contributed by atoms with Crippen molar-refractivity contribution in [3.63, 3.8) is 0 Å². The van der Waals surface area contributed by atoms with Crippen LogP contribution in [-0.2, 0) is 9.59 Å². The highest BCUT2D eigenvalue weighted by Crippen LogP contribution is 2.01. The van der Waals surface area contributed by atoms with E-state index in [9.17, 15) is 9.59 Å². The molecular formula is C9H19NO5. The monoisotopic (exact) mass is 221 g/mol. The molecule has 0 aliphatic carbocycles. The average molecular weight is 221 g/mol. The van der Waals surface area contributed by atoms with Crippen molar-refractivity contribution in [1.82, 2.24) is 0 Å². The van der Waals surface area contributed by atoms with E-state index in [1.807, 2.05) is 13.8 Å². The Morgan fingerprint density at radius 1 is 1.13 bits per heavy atom. The molecule has 0 aliphatic rings. The lowest BCUT2D eigenvalue weighted by Gasteiger charge is -2.07. The minimum absolute atomic E-state index is 0.357. The van der Waals surface area contributed by atoms with Crippen molar-refractivity contribution in [2.24, 2.45) is 11.7 Å². The largest absolute Gasteiger partial charge is 0.480 e. The summed E-state index contributed by atoms with van der Waals surface area (Å²) in [7, 11) is 0. The van der Waals surface area contributed by atoms with Crippen LogP contribution in [0, 0.1) is 5.92 Å². The van der Waals surface area contributed by atoms with E-state index in [1.165, 1.54) is 6.92 Å². The topological polar surface area (TPSA) is 121 Å². The van der Waals surface area contributed by atoms with Gasteiger partial charge in [0.25, 0.3) is 0 Å². The molecule has 0 aliphatic heterocycles. The number of hydrogen-bond donors (Lipinski definition) is 4. The summed E-state index contributed by atoms with van der Waals surface area (Å²) in [5, 5.41) is 24.1. The van der Waals surface area contributed by atoms with Crippen molar-refractivity contribution in [2.45, 2.75) is 39.3 Å². The fourth-order valence-corrected chi connectivity index (χ4v) is 0.609. The Bertz CT molecular complexity index is 203. The van der Waals surface area contributed by atoms with Crippen LogP contribution < -0.4 is 5.73 Å². The van der Waals surface area contributed by atoms with E-state index < -0.39 is 24.1 Å². The van der Waals surface area contributed by atoms with Gasteiger partial charge in [0.15, 0.2) is 0 Å². The molecule has 6 nitrogen and oxygen atoms in total. The third-order valence-electron chi connectivity index (χ3n) is 1.40. The molecule has 2 atom stereocenters. The molecule has 15 heavy (non-hydrogen) atoms. The van der Waals surface area contributed by atoms with Crippen LogP contribution in [0.1, 0.15) is 27.2 Å². The fourth-order valence-electron chi connectivity index (χ4n) is 0.609. The molecule has 5 N–H and O–H groups in total. The first kappa shape index (κ1) is 16.3. The first-order valence-electron chi connectivity index (χ1n) is 4.57. The lowest BCUT2D eigenvalue weighted by Crippen LogP contribution is -2.31. The summed E-state index contributed by atoms with van der Waals surface area (Å²) in [4.78, 5) is 19.6. The molecular weight excluding hydrogens is 202 g/mol. The average Bonchev–Trinajstić information content (AvgIpc) is 2.03. The third kappa shape index (κ3) is 12.9. The van der Waals surface area contributed by atoms with Crippen LogP contribution in [-0.4, -0.2) is 39.4 Å². The van der Waals surface area contributed by atoms with Crippen LogP contribution in [0.25, 0.3) is 0 Å². The number of rotatable bonds is 4. The second-order valence-corrected chi connectivity index (χ2v) is 3.59. The number of aliphatic carboxylic acids is 2. The first-order chi connectivity index (χ1) is 6.68. The van der Waals surface area contributed by atoms with E-state index in [0.29, 0.717) is 12.3 Å². The molecule has 0 aromatic heterocycles. The maximum absolute atomic E-state index is 10.1. The minimum Gasteiger partial charge on any atom is -0.480 e. The van der Waals surface area contributed by atoms with Gasteiger partial charge in [0.2, 0.25) is 0 Å². The van der Waals surface area contributed by atoms with Crippen LogP contribution >= 0.6 is 0 Å². The number of aliphatic hydroxyl groups excluding tert-OH is 1. The SMILES string of the molecule is CC(C)C[C@H](N)C(=O)O.CC(O)C(=O)O. The van der Waals surface area contributed by atoms with E-state index in [0.717, 1.165) is 0 Å². The van der Waals surface area contributed by atoms with Gasteiger partial charge in [0.1, 0.15) is 12.1 Å². The summed E-state index contributed by atoms with van der Waals surface area (Å²) in [5.41, 5.74) is 5.22. The summed E-state index contributed by atoms with van der Waals surface area (Å²) in [6.07, 6.45) is -0.681. The molecule has 0 radical (unpaired) electrons. The summed E-state index contributed by atoms with van der Waals surface area (Å²) < 4.78 is 0. The second kappa shape index (κ2) is 8.19. The third-order valence-corrected chi connectivity index (χ3v) is 1.40. The summed E-state index contributed by atoms with van der Waals surface area (Å²) >= 11 is 0. The van der Waals surface area contributed by atoms with Crippen molar-refractivity contribution >= 4 is 11.9 Å². The Balaban J connectivity index is 0. The van der Waals surface area contributed by atoms with Crippen molar-refractivity contribution in [3.05, 3.63) is 0 Å². The molecule has 0 bridgehead atoms. The Kier molecular flexibility index (Phi) is 8.90. The van der Waals surface area contributed by atoms with Gasteiger partial charge in [-0.25, -0.2) is 4.79 Å². The maximum atomic E-state index is 10.1. The standard InChI is InChI=1S/C6H13NO2.C3H6O3/c1-4(2)3-5(7)6(8)9;1-2(4)3(5)6/h4-5H,3,7H2,1-2H3,(H,8,9);2,4H,1H3,(H,5,6)/t5-;/m0./s1. The molecule has 0 saturated heterocycles. The van der Waals surface area contributed by atoms with Gasteiger partial charge >= 0.3 is 11.9 Å². The van der Waals surface area contributed by atoms with Crippen molar-refractivity contribution in [1.29, 1.82) is 0 Å². The smallest absolute Gasteiger partial charge is 0.332 e. The second-order valence-electron chi connectivity index (χ2n) is 3.59. The summed E-state index contributed by atoms with van der Waals surface area (Å²) in [5.74, 6) is -1.74. The number of hydrogen-bond acceptors (Lipinski definition) is 4. The predicted molar refractivity (Wildman–Crippen MR) is 54.4 cm³/mol. The lowest BCUT2D eigenvalue weighted by atomic mass is 10.1. The van der Waals surface area contributed by atoms with Crippen molar-refractivity contribution < 1.29 is 24.9 Å². The zero-order chi connectivity index (χ0) is 12.6. The quantitative estimate of drug-likeness (QED) is 0.526. The van der Waals surface area contributed by atoms with Gasteiger partial charge in [-0.05, 0) is 19.3 Å². The molecule has 0 aromatic rings. The van der Waals surface area contributed by atoms with Crippen LogP contribution in [0.5, 0.6) is 0 Å². The molecule has 0 heterocycles. The maximum Gasteiger partial charge on any atom is 0.332 e. The Hall–Kier alpha value is -1.14. The molecule has 0 rings (SSSR count). The minimum atomic E-state index is -1.23. The van der Waals surface area contributed by atoms with Gasteiger partial charge in [-0.15, -0.1) is 0 Å². The lowest BCUT2D eigenvalue weighted by molar-refractivity contribution is -0.145. The number of aliphatic hydroxyl groups is 1. The summed E-state index contributed by atoms with van der Waals surface area (Å²) in [6, 6.07) is -0.690. The molecule has 0 spiro atoms. The highest BCUT2D eigenvalue weighted by molar-refractivity contribution is 5.73. The van der Waals surface area contributed by atoms with E-state index in [2.05, 4.69) is 0 Å². The van der Waals surface area contributed by atoms with Gasteiger partial charge < -0.3 is 21.1 Å². The predicted octanol–water partition coefficient (Wildman–Crippen LogP) is -0.104. The molecule has 0 amide bonds. The molecule has 0 fully saturated rings. The Labute approximate surface area is 88.7 Å². The molecule has 1 unspecified atom stereocenters. The van der Waals surface area contributed by atoms with Gasteiger partial charge in [-0.3, -0.25) is 4.79 Å². The van der Waals surface area contributed by atoms with Gasteiger partial charge in [0.05, 0.1) is 0 Å².